The van der Waals surface area contributed by atoms with Crippen molar-refractivity contribution in [3.63, 3.8) is 0 Å². The van der Waals surface area contributed by atoms with E-state index in [0.717, 1.165) is 37.2 Å². The van der Waals surface area contributed by atoms with Gasteiger partial charge >= 0.3 is 5.97 Å². The Balaban J connectivity index is 3.78. The summed E-state index contributed by atoms with van der Waals surface area (Å²) in [6.45, 7) is 8.71. The van der Waals surface area contributed by atoms with Gasteiger partial charge in [-0.05, 0) is 53.4 Å². The quantitative estimate of drug-likeness (QED) is 0.277. The minimum atomic E-state index is -0.123. The van der Waals surface area contributed by atoms with Crippen LogP contribution < -0.4 is 0 Å². The van der Waals surface area contributed by atoms with Gasteiger partial charge < -0.3 is 4.74 Å². The SMILES string of the molecule is COC(=O)CCSC/C=C(\C)CC/C=C(\C)CCC=C(C)C. The zero-order chi connectivity index (χ0) is 16.8. The third-order valence-corrected chi connectivity index (χ3v) is 4.25. The summed E-state index contributed by atoms with van der Waals surface area (Å²) >= 11 is 1.78. The van der Waals surface area contributed by atoms with E-state index in [1.54, 1.807) is 11.8 Å². The van der Waals surface area contributed by atoms with Crippen molar-refractivity contribution in [3.05, 3.63) is 34.9 Å². The number of hydrogen-bond acceptors (Lipinski definition) is 3. The molecule has 0 fully saturated rings. The molecule has 0 aromatic carbocycles. The average molecular weight is 325 g/mol. The van der Waals surface area contributed by atoms with Crippen LogP contribution in [-0.2, 0) is 9.53 Å². The number of carbonyl (C=O) groups excluding carboxylic acids is 1. The second-order valence-corrected chi connectivity index (χ2v) is 7.01. The number of methoxy groups -OCH3 is 1. The molecule has 0 radical (unpaired) electrons. The van der Waals surface area contributed by atoms with Crippen LogP contribution in [0.3, 0.4) is 0 Å². The van der Waals surface area contributed by atoms with Gasteiger partial charge in [-0.2, -0.15) is 11.8 Å². The third kappa shape index (κ3) is 14.0. The molecule has 0 unspecified atom stereocenters. The number of carbonyl (C=O) groups is 1. The van der Waals surface area contributed by atoms with E-state index in [4.69, 9.17) is 0 Å². The normalized spacial score (nSPS) is 12.2. The first kappa shape index (κ1) is 21.0. The maximum absolute atomic E-state index is 11.0. The van der Waals surface area contributed by atoms with Gasteiger partial charge in [0.05, 0.1) is 13.5 Å². The Morgan fingerprint density at radius 3 is 2.09 bits per heavy atom. The fourth-order valence-corrected chi connectivity index (χ4v) is 2.76. The fourth-order valence-electron chi connectivity index (χ4n) is 1.88. The molecule has 0 heterocycles. The number of rotatable bonds is 11. The van der Waals surface area contributed by atoms with Crippen LogP contribution in [0.5, 0.6) is 0 Å². The lowest BCUT2D eigenvalue weighted by Gasteiger charge is -2.02. The molecule has 22 heavy (non-hydrogen) atoms. The highest BCUT2D eigenvalue weighted by molar-refractivity contribution is 7.99. The summed E-state index contributed by atoms with van der Waals surface area (Å²) in [6.07, 6.45) is 12.0. The highest BCUT2D eigenvalue weighted by Gasteiger charge is 1.98. The van der Waals surface area contributed by atoms with Crippen LogP contribution in [0, 0.1) is 0 Å². The molecule has 0 aliphatic heterocycles. The molecule has 2 nitrogen and oxygen atoms in total. The van der Waals surface area contributed by atoms with Gasteiger partial charge in [-0.15, -0.1) is 0 Å². The van der Waals surface area contributed by atoms with Crippen molar-refractivity contribution in [2.24, 2.45) is 0 Å². The van der Waals surface area contributed by atoms with Crippen LogP contribution in [0.25, 0.3) is 0 Å². The first-order valence-corrected chi connectivity index (χ1v) is 9.20. The lowest BCUT2D eigenvalue weighted by molar-refractivity contribution is -0.140. The Bertz CT molecular complexity index is 402. The van der Waals surface area contributed by atoms with Crippen molar-refractivity contribution < 1.29 is 9.53 Å². The van der Waals surface area contributed by atoms with E-state index in [9.17, 15) is 4.79 Å². The second-order valence-electron chi connectivity index (χ2n) is 5.86. The molecule has 0 spiro atoms. The Hall–Kier alpha value is -0.960. The number of allylic oxidation sites excluding steroid dienone is 5. The summed E-state index contributed by atoms with van der Waals surface area (Å²) in [7, 11) is 1.44. The maximum atomic E-state index is 11.0. The molecule has 0 aromatic heterocycles. The first-order chi connectivity index (χ1) is 10.5. The third-order valence-electron chi connectivity index (χ3n) is 3.35. The monoisotopic (exact) mass is 324 g/mol. The van der Waals surface area contributed by atoms with Crippen molar-refractivity contribution in [1.29, 1.82) is 0 Å². The van der Waals surface area contributed by atoms with Crippen molar-refractivity contribution in [2.75, 3.05) is 18.6 Å². The molecule has 0 saturated heterocycles. The maximum Gasteiger partial charge on any atom is 0.306 e. The van der Waals surface area contributed by atoms with Crippen LogP contribution in [-0.4, -0.2) is 24.6 Å². The summed E-state index contributed by atoms with van der Waals surface area (Å²) < 4.78 is 4.62. The van der Waals surface area contributed by atoms with E-state index >= 15 is 0 Å². The van der Waals surface area contributed by atoms with E-state index in [1.165, 1.54) is 23.8 Å². The molecule has 0 N–H and O–H groups in total. The molecule has 0 aliphatic carbocycles. The summed E-state index contributed by atoms with van der Waals surface area (Å²) in [5, 5.41) is 0. The lowest BCUT2D eigenvalue weighted by atomic mass is 10.1. The van der Waals surface area contributed by atoms with E-state index in [1.807, 2.05) is 0 Å². The second kappa shape index (κ2) is 13.7. The van der Waals surface area contributed by atoms with Crippen molar-refractivity contribution in [2.45, 2.75) is 59.8 Å². The van der Waals surface area contributed by atoms with Crippen LogP contribution >= 0.6 is 11.8 Å². The predicted octanol–water partition coefficient (Wildman–Crippen LogP) is 5.70. The van der Waals surface area contributed by atoms with Gasteiger partial charge in [-0.3, -0.25) is 4.79 Å². The van der Waals surface area contributed by atoms with Gasteiger partial charge in [-0.1, -0.05) is 34.9 Å². The number of thioether (sulfide) groups is 1. The first-order valence-electron chi connectivity index (χ1n) is 8.05. The van der Waals surface area contributed by atoms with Gasteiger partial charge in [0.1, 0.15) is 0 Å². The Morgan fingerprint density at radius 1 is 0.909 bits per heavy atom. The molecule has 0 amide bonds. The highest BCUT2D eigenvalue weighted by atomic mass is 32.2. The van der Waals surface area contributed by atoms with E-state index in [0.29, 0.717) is 6.42 Å². The molecule has 0 atom stereocenters. The predicted molar refractivity (Wildman–Crippen MR) is 99.4 cm³/mol. The van der Waals surface area contributed by atoms with Gasteiger partial charge in [0, 0.05) is 11.5 Å². The summed E-state index contributed by atoms with van der Waals surface area (Å²) in [5.41, 5.74) is 4.31. The average Bonchev–Trinajstić information content (AvgIpc) is 2.46. The zero-order valence-electron chi connectivity index (χ0n) is 14.9. The molecule has 0 aromatic rings. The smallest absolute Gasteiger partial charge is 0.306 e. The molecule has 3 heteroatoms. The van der Waals surface area contributed by atoms with Crippen LogP contribution in [0.15, 0.2) is 34.9 Å². The molecule has 126 valence electrons. The summed E-state index contributed by atoms with van der Waals surface area (Å²) in [5.74, 6) is 1.69. The zero-order valence-corrected chi connectivity index (χ0v) is 15.7. The minimum Gasteiger partial charge on any atom is -0.469 e. The van der Waals surface area contributed by atoms with Crippen LogP contribution in [0.2, 0.25) is 0 Å². The molecular formula is C19H32O2S. The van der Waals surface area contributed by atoms with E-state index < -0.39 is 0 Å². The number of hydrogen-bond donors (Lipinski definition) is 0. The minimum absolute atomic E-state index is 0.123. The van der Waals surface area contributed by atoms with Gasteiger partial charge in [0.15, 0.2) is 0 Å². The Morgan fingerprint density at radius 2 is 1.50 bits per heavy atom. The Labute approximate surface area is 141 Å². The van der Waals surface area contributed by atoms with E-state index in [2.05, 4.69) is 50.7 Å². The van der Waals surface area contributed by atoms with Gasteiger partial charge in [-0.25, -0.2) is 0 Å². The molecule has 0 saturated carbocycles. The van der Waals surface area contributed by atoms with Crippen LogP contribution in [0.4, 0.5) is 0 Å². The van der Waals surface area contributed by atoms with Crippen LogP contribution in [0.1, 0.15) is 59.8 Å². The summed E-state index contributed by atoms with van der Waals surface area (Å²) in [4.78, 5) is 11.0. The van der Waals surface area contributed by atoms with Gasteiger partial charge in [0.25, 0.3) is 0 Å². The van der Waals surface area contributed by atoms with Crippen molar-refractivity contribution in [1.82, 2.24) is 0 Å². The van der Waals surface area contributed by atoms with Crippen molar-refractivity contribution >= 4 is 17.7 Å². The molecular weight excluding hydrogens is 292 g/mol. The highest BCUT2D eigenvalue weighted by Crippen LogP contribution is 2.12. The van der Waals surface area contributed by atoms with E-state index in [-0.39, 0.29) is 5.97 Å². The van der Waals surface area contributed by atoms with Crippen molar-refractivity contribution in [3.8, 4) is 0 Å². The fraction of sp³-hybridized carbons (Fsp3) is 0.632. The summed E-state index contributed by atoms with van der Waals surface area (Å²) in [6, 6.07) is 0. The number of esters is 1. The molecule has 0 aliphatic rings. The number of ether oxygens (including phenoxy) is 1. The standard InChI is InChI=1S/C19H32O2S/c1-16(2)8-6-9-17(3)10-7-11-18(4)12-14-22-15-13-19(20)21-5/h8,10,12H,6-7,9,11,13-15H2,1-5H3/b17-10+,18-12+. The topological polar surface area (TPSA) is 26.3 Å². The van der Waals surface area contributed by atoms with Gasteiger partial charge in [0.2, 0.25) is 0 Å². The molecule has 0 bridgehead atoms. The Kier molecular flexibility index (Phi) is 13.1. The largest absolute Gasteiger partial charge is 0.469 e. The molecule has 0 rings (SSSR count). The lowest BCUT2D eigenvalue weighted by Crippen LogP contribution is -2.01.